The van der Waals surface area contributed by atoms with Crippen molar-refractivity contribution < 1.29 is 18.8 Å². The fraction of sp³-hybridized carbons (Fsp3) is 0.250. The van der Waals surface area contributed by atoms with Gasteiger partial charge >= 0.3 is 0 Å². The van der Waals surface area contributed by atoms with Crippen LogP contribution in [-0.2, 0) is 4.79 Å². The van der Waals surface area contributed by atoms with Gasteiger partial charge in [0.25, 0.3) is 11.8 Å². The first-order chi connectivity index (χ1) is 13.1. The maximum absolute atomic E-state index is 12.8. The number of nitrogens with zero attached hydrogens (tertiary/aromatic N) is 2. The van der Waals surface area contributed by atoms with Crippen molar-refractivity contribution in [2.75, 3.05) is 31.5 Å². The predicted molar refractivity (Wildman–Crippen MR) is 100 cm³/mol. The highest BCUT2D eigenvalue weighted by molar-refractivity contribution is 6.00. The van der Waals surface area contributed by atoms with Gasteiger partial charge in [-0.1, -0.05) is 12.6 Å². The fourth-order valence-corrected chi connectivity index (χ4v) is 2.99. The summed E-state index contributed by atoms with van der Waals surface area (Å²) in [5.41, 5.74) is 1.03. The van der Waals surface area contributed by atoms with Gasteiger partial charge in [0.1, 0.15) is 0 Å². The molecule has 2 heterocycles. The zero-order chi connectivity index (χ0) is 19.2. The molecule has 0 aliphatic carbocycles. The first-order valence-corrected chi connectivity index (χ1v) is 8.74. The average molecular weight is 367 g/mol. The highest BCUT2D eigenvalue weighted by Gasteiger charge is 2.24. The van der Waals surface area contributed by atoms with E-state index in [1.165, 1.54) is 12.3 Å². The maximum atomic E-state index is 12.8. The van der Waals surface area contributed by atoms with Crippen LogP contribution in [0.15, 0.2) is 59.7 Å². The third-order valence-electron chi connectivity index (χ3n) is 4.36. The molecule has 0 unspecified atom stereocenters. The molecule has 2 aromatic rings. The van der Waals surface area contributed by atoms with Gasteiger partial charge < -0.3 is 19.5 Å². The third kappa shape index (κ3) is 4.44. The lowest BCUT2D eigenvalue weighted by Gasteiger charge is -2.22. The van der Waals surface area contributed by atoms with E-state index in [2.05, 4.69) is 11.9 Å². The Morgan fingerprint density at radius 3 is 2.41 bits per heavy atom. The predicted octanol–water partition coefficient (Wildman–Crippen LogP) is 2.39. The van der Waals surface area contributed by atoms with Gasteiger partial charge in [0.05, 0.1) is 6.26 Å². The fourth-order valence-electron chi connectivity index (χ4n) is 2.99. The van der Waals surface area contributed by atoms with Crippen molar-refractivity contribution in [2.45, 2.75) is 6.42 Å². The third-order valence-corrected chi connectivity index (χ3v) is 4.36. The van der Waals surface area contributed by atoms with Gasteiger partial charge in [-0.25, -0.2) is 0 Å². The number of rotatable bonds is 4. The van der Waals surface area contributed by atoms with Crippen LogP contribution < -0.4 is 5.32 Å². The van der Waals surface area contributed by atoms with Crippen LogP contribution in [0.2, 0.25) is 0 Å². The van der Waals surface area contributed by atoms with Crippen molar-refractivity contribution in [3.05, 3.63) is 66.6 Å². The molecule has 0 atom stereocenters. The summed E-state index contributed by atoms with van der Waals surface area (Å²) in [5, 5.41) is 2.65. The summed E-state index contributed by atoms with van der Waals surface area (Å²) in [4.78, 5) is 40.1. The number of benzene rings is 1. The Balaban J connectivity index is 1.66. The van der Waals surface area contributed by atoms with Crippen LogP contribution in [0.1, 0.15) is 27.3 Å². The second-order valence-corrected chi connectivity index (χ2v) is 6.19. The molecule has 0 bridgehead atoms. The van der Waals surface area contributed by atoms with E-state index in [4.69, 9.17) is 4.42 Å². The van der Waals surface area contributed by atoms with Crippen molar-refractivity contribution in [2.24, 2.45) is 0 Å². The van der Waals surface area contributed by atoms with Crippen molar-refractivity contribution in [3.63, 3.8) is 0 Å². The molecule has 1 N–H and O–H groups in total. The zero-order valence-electron chi connectivity index (χ0n) is 14.9. The number of carbonyl (C=O) groups excluding carboxylic acids is 3. The molecule has 27 heavy (non-hydrogen) atoms. The minimum absolute atomic E-state index is 0.128. The van der Waals surface area contributed by atoms with Crippen LogP contribution in [0.5, 0.6) is 0 Å². The summed E-state index contributed by atoms with van der Waals surface area (Å²) in [7, 11) is 0. The number of anilines is 1. The molecule has 7 nitrogen and oxygen atoms in total. The van der Waals surface area contributed by atoms with Crippen LogP contribution in [0.25, 0.3) is 0 Å². The highest BCUT2D eigenvalue weighted by atomic mass is 16.3. The van der Waals surface area contributed by atoms with Crippen LogP contribution in [0.3, 0.4) is 0 Å². The Kier molecular flexibility index (Phi) is 5.71. The molecule has 3 amide bonds. The minimum atomic E-state index is -0.332. The number of amides is 3. The summed E-state index contributed by atoms with van der Waals surface area (Å²) in [6.07, 6.45) is 3.33. The van der Waals surface area contributed by atoms with Gasteiger partial charge in [0.15, 0.2) is 5.76 Å². The summed E-state index contributed by atoms with van der Waals surface area (Å²) >= 11 is 0. The second kappa shape index (κ2) is 8.35. The molecular formula is C20H21N3O4. The van der Waals surface area contributed by atoms with E-state index < -0.39 is 0 Å². The van der Waals surface area contributed by atoms with Crippen LogP contribution in [0.4, 0.5) is 5.69 Å². The van der Waals surface area contributed by atoms with E-state index in [1.807, 2.05) is 0 Å². The molecule has 0 saturated carbocycles. The van der Waals surface area contributed by atoms with Crippen molar-refractivity contribution in [1.29, 1.82) is 0 Å². The summed E-state index contributed by atoms with van der Waals surface area (Å²) < 4.78 is 5.17. The molecule has 140 valence electrons. The maximum Gasteiger partial charge on any atom is 0.289 e. The standard InChI is InChI=1S/C20H21N3O4/c1-2-18(24)21-16-7-3-6-15(14-16)19(25)22-9-5-10-23(12-11-22)20(26)17-8-4-13-27-17/h2-4,6-8,13-14H,1,5,9-12H2,(H,21,24). The van der Waals surface area contributed by atoms with Crippen LogP contribution in [-0.4, -0.2) is 53.7 Å². The van der Waals surface area contributed by atoms with E-state index >= 15 is 0 Å². The molecule has 0 radical (unpaired) electrons. The number of nitrogens with one attached hydrogen (secondary N) is 1. The molecule has 1 aliphatic heterocycles. The van der Waals surface area contributed by atoms with E-state index in [0.29, 0.717) is 49.6 Å². The topological polar surface area (TPSA) is 82.9 Å². The second-order valence-electron chi connectivity index (χ2n) is 6.19. The first-order valence-electron chi connectivity index (χ1n) is 8.74. The number of furan rings is 1. The van der Waals surface area contributed by atoms with E-state index in [-0.39, 0.29) is 17.7 Å². The SMILES string of the molecule is C=CC(=O)Nc1cccc(C(=O)N2CCCN(C(=O)c3ccco3)CC2)c1. The number of hydrogen-bond donors (Lipinski definition) is 1. The Morgan fingerprint density at radius 2 is 1.74 bits per heavy atom. The Morgan fingerprint density at radius 1 is 1.00 bits per heavy atom. The van der Waals surface area contributed by atoms with E-state index in [1.54, 1.807) is 46.2 Å². The Labute approximate surface area is 157 Å². The molecular weight excluding hydrogens is 346 g/mol. The highest BCUT2D eigenvalue weighted by Crippen LogP contribution is 2.15. The van der Waals surface area contributed by atoms with Crippen molar-refractivity contribution in [1.82, 2.24) is 9.80 Å². The number of carbonyl (C=O) groups is 3. The molecule has 1 saturated heterocycles. The normalized spacial score (nSPS) is 14.4. The molecule has 0 spiro atoms. The smallest absolute Gasteiger partial charge is 0.289 e. The summed E-state index contributed by atoms with van der Waals surface area (Å²) in [6.45, 7) is 5.42. The van der Waals surface area contributed by atoms with Crippen molar-refractivity contribution in [3.8, 4) is 0 Å². The van der Waals surface area contributed by atoms with Gasteiger partial charge in [-0.05, 0) is 42.8 Å². The van der Waals surface area contributed by atoms with E-state index in [0.717, 1.165) is 0 Å². The lowest BCUT2D eigenvalue weighted by atomic mass is 10.1. The summed E-state index contributed by atoms with van der Waals surface area (Å²) in [6, 6.07) is 10.1. The minimum Gasteiger partial charge on any atom is -0.459 e. The molecule has 1 aliphatic rings. The molecule has 1 aromatic carbocycles. The van der Waals surface area contributed by atoms with Gasteiger partial charge in [-0.3, -0.25) is 14.4 Å². The van der Waals surface area contributed by atoms with Crippen LogP contribution in [0, 0.1) is 0 Å². The first kappa shape index (κ1) is 18.4. The van der Waals surface area contributed by atoms with Crippen LogP contribution >= 0.6 is 0 Å². The average Bonchev–Trinajstić information content (AvgIpc) is 3.11. The monoisotopic (exact) mass is 367 g/mol. The molecule has 7 heteroatoms. The lowest BCUT2D eigenvalue weighted by molar-refractivity contribution is -0.111. The zero-order valence-corrected chi connectivity index (χ0v) is 14.9. The van der Waals surface area contributed by atoms with E-state index in [9.17, 15) is 14.4 Å². The Hall–Kier alpha value is -3.35. The Bertz CT molecular complexity index is 845. The lowest BCUT2D eigenvalue weighted by Crippen LogP contribution is -2.37. The molecule has 1 fully saturated rings. The van der Waals surface area contributed by atoms with Gasteiger partial charge in [0.2, 0.25) is 5.91 Å². The largest absolute Gasteiger partial charge is 0.459 e. The number of hydrogen-bond acceptors (Lipinski definition) is 4. The van der Waals surface area contributed by atoms with Gasteiger partial charge in [-0.2, -0.15) is 0 Å². The van der Waals surface area contributed by atoms with Gasteiger partial charge in [-0.15, -0.1) is 0 Å². The van der Waals surface area contributed by atoms with Crippen molar-refractivity contribution >= 4 is 23.4 Å². The molecule has 3 rings (SSSR count). The quantitative estimate of drug-likeness (QED) is 0.841. The summed E-state index contributed by atoms with van der Waals surface area (Å²) in [5.74, 6) is -0.317. The molecule has 1 aromatic heterocycles. The van der Waals surface area contributed by atoms with Gasteiger partial charge in [0, 0.05) is 37.4 Å².